The van der Waals surface area contributed by atoms with E-state index in [1.54, 1.807) is 24.5 Å². The lowest BCUT2D eigenvalue weighted by atomic mass is 9.99. The highest BCUT2D eigenvalue weighted by atomic mass is 79.9. The number of furan rings is 1. The summed E-state index contributed by atoms with van der Waals surface area (Å²) in [6.07, 6.45) is 1.55. The Morgan fingerprint density at radius 1 is 1.04 bits per heavy atom. The Labute approximate surface area is 170 Å². The first-order chi connectivity index (χ1) is 13.5. The fourth-order valence-corrected chi connectivity index (χ4v) is 3.13. The topological polar surface area (TPSA) is 57.9 Å². The van der Waals surface area contributed by atoms with Crippen LogP contribution in [0, 0.1) is 12.7 Å². The summed E-state index contributed by atoms with van der Waals surface area (Å²) < 4.78 is 35.9. The van der Waals surface area contributed by atoms with Crippen LogP contribution >= 0.6 is 15.9 Å². The minimum atomic E-state index is -0.325. The molecular weight excluding hydrogens is 431 g/mol. The lowest BCUT2D eigenvalue weighted by Gasteiger charge is -2.18. The van der Waals surface area contributed by atoms with Crippen LogP contribution in [0.1, 0.15) is 22.8 Å². The molecule has 0 radical (unpaired) electrons. The molecule has 0 saturated heterocycles. The molecule has 2 aromatic carbocycles. The molecule has 3 aromatic rings. The van der Waals surface area contributed by atoms with E-state index in [-0.39, 0.29) is 24.8 Å². The molecule has 148 valence electrons. The monoisotopic (exact) mass is 450 g/mol. The van der Waals surface area contributed by atoms with Gasteiger partial charge in [-0.05, 0) is 49.7 Å². The molecule has 28 heavy (non-hydrogen) atoms. The first-order valence-electron chi connectivity index (χ1n) is 8.77. The van der Waals surface area contributed by atoms with Crippen molar-refractivity contribution in [3.05, 3.63) is 53.5 Å². The van der Waals surface area contributed by atoms with Crippen LogP contribution in [0.15, 0.2) is 41.0 Å². The molecule has 0 unspecified atom stereocenters. The van der Waals surface area contributed by atoms with Crippen LogP contribution < -0.4 is 14.2 Å². The van der Waals surface area contributed by atoms with Crippen LogP contribution in [0.5, 0.6) is 17.2 Å². The molecule has 0 aliphatic heterocycles. The number of aryl methyl sites for hydroxylation is 1. The molecule has 5 nitrogen and oxygen atoms in total. The second kappa shape index (κ2) is 9.10. The Morgan fingerprint density at radius 2 is 1.71 bits per heavy atom. The maximum absolute atomic E-state index is 13.0. The first-order valence-corrected chi connectivity index (χ1v) is 9.89. The van der Waals surface area contributed by atoms with Crippen LogP contribution in [0.3, 0.4) is 0 Å². The average Bonchev–Trinajstić information content (AvgIpc) is 3.16. The van der Waals surface area contributed by atoms with Gasteiger partial charge in [-0.15, -0.1) is 0 Å². The summed E-state index contributed by atoms with van der Waals surface area (Å²) in [5.74, 6) is 0.844. The zero-order chi connectivity index (χ0) is 20.1. The van der Waals surface area contributed by atoms with Crippen molar-refractivity contribution in [1.82, 2.24) is 0 Å². The Kier molecular flexibility index (Phi) is 6.57. The Hall–Kier alpha value is -2.54. The third-order valence-electron chi connectivity index (χ3n) is 4.17. The van der Waals surface area contributed by atoms with Gasteiger partial charge in [0, 0.05) is 10.7 Å². The number of carbonyl (C=O) groups excluding carboxylic acids is 1. The van der Waals surface area contributed by atoms with Gasteiger partial charge in [0.05, 0.1) is 18.4 Å². The lowest BCUT2D eigenvalue weighted by Crippen LogP contribution is -2.13. The van der Waals surface area contributed by atoms with Crippen molar-refractivity contribution < 1.29 is 27.8 Å². The molecule has 3 rings (SSSR count). The van der Waals surface area contributed by atoms with E-state index >= 15 is 0 Å². The number of alkyl halides is 1. The minimum absolute atomic E-state index is 0.113. The van der Waals surface area contributed by atoms with E-state index in [2.05, 4.69) is 15.9 Å². The zero-order valence-electron chi connectivity index (χ0n) is 15.6. The summed E-state index contributed by atoms with van der Waals surface area (Å²) in [6.45, 7) is 4.15. The third-order valence-corrected chi connectivity index (χ3v) is 4.50. The summed E-state index contributed by atoms with van der Waals surface area (Å²) >= 11 is 3.33. The molecular formula is C21H20BrFO5. The molecule has 0 aliphatic rings. The van der Waals surface area contributed by atoms with Crippen molar-refractivity contribution >= 4 is 32.7 Å². The number of fused-ring (bicyclic) bond motifs is 1. The number of benzene rings is 2. The molecule has 0 atom stereocenters. The molecule has 0 amide bonds. The number of Topliss-reactive ketones (excluding diaryl/α,β-unsaturated/α-hetero) is 1. The van der Waals surface area contributed by atoms with Gasteiger partial charge in [-0.3, -0.25) is 4.79 Å². The first kappa shape index (κ1) is 20.2. The summed E-state index contributed by atoms with van der Waals surface area (Å²) in [4.78, 5) is 12.3. The summed E-state index contributed by atoms with van der Waals surface area (Å²) in [5, 5.41) is 1.40. The summed E-state index contributed by atoms with van der Waals surface area (Å²) in [6, 6.07) is 7.55. The standard InChI is InChI=1S/C21H20BrFO5/c1-13-17-7-9-26-19(17)21(20(27-10-8-22)18(13)14(2)24)28-12-11-25-16-5-3-15(23)4-6-16/h3-7,9H,8,10-12H2,1-2H3. The van der Waals surface area contributed by atoms with E-state index < -0.39 is 0 Å². The van der Waals surface area contributed by atoms with E-state index in [0.29, 0.717) is 40.3 Å². The quantitative estimate of drug-likeness (QED) is 0.251. The van der Waals surface area contributed by atoms with Crippen molar-refractivity contribution in [2.24, 2.45) is 0 Å². The van der Waals surface area contributed by atoms with E-state index in [1.165, 1.54) is 19.1 Å². The van der Waals surface area contributed by atoms with Gasteiger partial charge in [0.15, 0.2) is 17.1 Å². The predicted octanol–water partition coefficient (Wildman–Crippen LogP) is 5.31. The molecule has 0 aliphatic carbocycles. The second-order valence-corrected chi connectivity index (χ2v) is 6.86. The molecule has 0 bridgehead atoms. The van der Waals surface area contributed by atoms with Crippen molar-refractivity contribution in [3.8, 4) is 17.2 Å². The third kappa shape index (κ3) is 4.30. The molecule has 1 heterocycles. The molecule has 7 heteroatoms. The Morgan fingerprint density at radius 3 is 2.39 bits per heavy atom. The van der Waals surface area contributed by atoms with Gasteiger partial charge in [-0.2, -0.15) is 0 Å². The van der Waals surface area contributed by atoms with Gasteiger partial charge in [0.2, 0.25) is 5.75 Å². The van der Waals surface area contributed by atoms with Crippen LogP contribution in [0.4, 0.5) is 4.39 Å². The number of ether oxygens (including phenoxy) is 3. The van der Waals surface area contributed by atoms with Crippen molar-refractivity contribution in [1.29, 1.82) is 0 Å². The maximum Gasteiger partial charge on any atom is 0.205 e. The van der Waals surface area contributed by atoms with Gasteiger partial charge in [-0.25, -0.2) is 4.39 Å². The van der Waals surface area contributed by atoms with Gasteiger partial charge < -0.3 is 18.6 Å². The van der Waals surface area contributed by atoms with E-state index in [9.17, 15) is 9.18 Å². The van der Waals surface area contributed by atoms with Crippen LogP contribution in [-0.4, -0.2) is 30.9 Å². The number of ketones is 1. The number of rotatable bonds is 9. The number of carbonyl (C=O) groups is 1. The largest absolute Gasteiger partial charge is 0.490 e. The maximum atomic E-state index is 13.0. The second-order valence-electron chi connectivity index (χ2n) is 6.07. The molecule has 0 fully saturated rings. The summed E-state index contributed by atoms with van der Waals surface area (Å²) in [5.41, 5.74) is 1.79. The van der Waals surface area contributed by atoms with Gasteiger partial charge >= 0.3 is 0 Å². The van der Waals surface area contributed by atoms with Crippen molar-refractivity contribution in [2.45, 2.75) is 13.8 Å². The van der Waals surface area contributed by atoms with Gasteiger partial charge in [-0.1, -0.05) is 15.9 Å². The molecule has 0 saturated carbocycles. The van der Waals surface area contributed by atoms with E-state index in [4.69, 9.17) is 18.6 Å². The highest BCUT2D eigenvalue weighted by Gasteiger charge is 2.24. The molecule has 0 spiro atoms. The van der Waals surface area contributed by atoms with Crippen LogP contribution in [0.25, 0.3) is 11.0 Å². The highest BCUT2D eigenvalue weighted by Crippen LogP contribution is 2.42. The smallest absolute Gasteiger partial charge is 0.205 e. The number of halogens is 2. The Bertz CT molecular complexity index is 965. The molecule has 1 aromatic heterocycles. The van der Waals surface area contributed by atoms with Crippen molar-refractivity contribution in [3.63, 3.8) is 0 Å². The molecule has 0 N–H and O–H groups in total. The SMILES string of the molecule is CC(=O)c1c(OCCBr)c(OCCOc2ccc(F)cc2)c2occc2c1C. The zero-order valence-corrected chi connectivity index (χ0v) is 17.2. The van der Waals surface area contributed by atoms with Crippen LogP contribution in [0.2, 0.25) is 0 Å². The fourth-order valence-electron chi connectivity index (χ4n) is 2.97. The fraction of sp³-hybridized carbons (Fsp3) is 0.286. The summed E-state index contributed by atoms with van der Waals surface area (Å²) in [7, 11) is 0. The highest BCUT2D eigenvalue weighted by molar-refractivity contribution is 9.09. The lowest BCUT2D eigenvalue weighted by molar-refractivity contribution is 0.101. The van der Waals surface area contributed by atoms with Gasteiger partial charge in [0.1, 0.15) is 24.8 Å². The normalized spacial score (nSPS) is 10.9. The average molecular weight is 451 g/mol. The number of hydrogen-bond acceptors (Lipinski definition) is 5. The predicted molar refractivity (Wildman–Crippen MR) is 108 cm³/mol. The van der Waals surface area contributed by atoms with E-state index in [0.717, 1.165) is 10.9 Å². The number of hydrogen-bond donors (Lipinski definition) is 0. The Balaban J connectivity index is 1.85. The minimum Gasteiger partial charge on any atom is -0.490 e. The van der Waals surface area contributed by atoms with Crippen LogP contribution in [-0.2, 0) is 0 Å². The van der Waals surface area contributed by atoms with E-state index in [1.807, 2.05) is 6.92 Å². The van der Waals surface area contributed by atoms with Crippen molar-refractivity contribution in [2.75, 3.05) is 25.2 Å². The van der Waals surface area contributed by atoms with Gasteiger partial charge in [0.25, 0.3) is 0 Å².